The topological polar surface area (TPSA) is 65.4 Å². The minimum absolute atomic E-state index is 0.172. The molecule has 4 heteroatoms. The zero-order chi connectivity index (χ0) is 12.8. The molecule has 0 atom stereocenters. The van der Waals surface area contributed by atoms with Gasteiger partial charge in [-0.3, -0.25) is 0 Å². The Morgan fingerprint density at radius 2 is 1.94 bits per heavy atom. The summed E-state index contributed by atoms with van der Waals surface area (Å²) in [5, 5.41) is 17.7. The van der Waals surface area contributed by atoms with Crippen molar-refractivity contribution in [2.45, 2.75) is 6.54 Å². The summed E-state index contributed by atoms with van der Waals surface area (Å²) in [6.07, 6.45) is 5.40. The second-order valence-corrected chi connectivity index (χ2v) is 3.63. The Balaban J connectivity index is 2.13. The summed E-state index contributed by atoms with van der Waals surface area (Å²) < 4.78 is 1.65. The van der Waals surface area contributed by atoms with Crippen LogP contribution in [0.15, 0.2) is 42.7 Å². The predicted molar refractivity (Wildman–Crippen MR) is 67.1 cm³/mol. The van der Waals surface area contributed by atoms with E-state index < -0.39 is 0 Å². The van der Waals surface area contributed by atoms with E-state index in [9.17, 15) is 0 Å². The smallest absolute Gasteiger partial charge is 0.176 e. The van der Waals surface area contributed by atoms with E-state index in [2.05, 4.69) is 4.98 Å². The van der Waals surface area contributed by atoms with Crippen molar-refractivity contribution >= 4 is 6.08 Å². The van der Waals surface area contributed by atoms with E-state index in [1.54, 1.807) is 4.57 Å². The van der Waals surface area contributed by atoms with Gasteiger partial charge in [0.15, 0.2) is 11.4 Å². The van der Waals surface area contributed by atoms with Gasteiger partial charge in [0.1, 0.15) is 12.1 Å². The number of benzene rings is 1. The molecule has 4 nitrogen and oxygen atoms in total. The van der Waals surface area contributed by atoms with Crippen molar-refractivity contribution in [2.75, 3.05) is 0 Å². The Morgan fingerprint density at radius 1 is 1.17 bits per heavy atom. The second-order valence-electron chi connectivity index (χ2n) is 3.63. The Morgan fingerprint density at radius 3 is 2.61 bits per heavy atom. The molecule has 1 aromatic carbocycles. The lowest BCUT2D eigenvalue weighted by atomic mass is 10.2. The Labute approximate surface area is 105 Å². The van der Waals surface area contributed by atoms with Crippen molar-refractivity contribution in [3.05, 3.63) is 59.7 Å². The number of nitriles is 2. The number of nitrogens with zero attached hydrogens (tertiary/aromatic N) is 4. The Hall–Kier alpha value is -2.85. The molecular weight excluding hydrogens is 224 g/mol. The van der Waals surface area contributed by atoms with Gasteiger partial charge in [0.2, 0.25) is 0 Å². The number of hydrogen-bond donors (Lipinski definition) is 0. The van der Waals surface area contributed by atoms with Crippen LogP contribution in [0.1, 0.15) is 17.0 Å². The largest absolute Gasteiger partial charge is 0.317 e. The first kappa shape index (κ1) is 11.6. The van der Waals surface area contributed by atoms with Crippen molar-refractivity contribution in [3.8, 4) is 12.1 Å². The van der Waals surface area contributed by atoms with Crippen LogP contribution in [0, 0.1) is 22.7 Å². The molecule has 1 heterocycles. The first-order valence-corrected chi connectivity index (χ1v) is 5.42. The van der Waals surface area contributed by atoms with E-state index >= 15 is 0 Å². The first-order chi connectivity index (χ1) is 8.85. The van der Waals surface area contributed by atoms with Crippen LogP contribution < -0.4 is 0 Å². The van der Waals surface area contributed by atoms with Gasteiger partial charge in [0.25, 0.3) is 0 Å². The fraction of sp³-hybridized carbons (Fsp3) is 0.0714. The molecule has 0 saturated heterocycles. The van der Waals surface area contributed by atoms with Gasteiger partial charge in [0.05, 0.1) is 6.33 Å². The van der Waals surface area contributed by atoms with Crippen LogP contribution in [0.3, 0.4) is 0 Å². The Bertz CT molecular complexity index is 639. The molecule has 18 heavy (non-hydrogen) atoms. The van der Waals surface area contributed by atoms with Gasteiger partial charge >= 0.3 is 0 Å². The van der Waals surface area contributed by atoms with Crippen molar-refractivity contribution < 1.29 is 0 Å². The number of imidazole rings is 1. The molecule has 86 valence electrons. The SMILES string of the molecule is N#Cc1ncn(C/C=C/c2ccccc2)c1C#N. The maximum atomic E-state index is 8.95. The van der Waals surface area contributed by atoms with Crippen LogP contribution in [-0.4, -0.2) is 9.55 Å². The molecule has 0 amide bonds. The summed E-state index contributed by atoms with van der Waals surface area (Å²) >= 11 is 0. The summed E-state index contributed by atoms with van der Waals surface area (Å²) in [5.74, 6) is 0. The highest BCUT2D eigenvalue weighted by Crippen LogP contribution is 2.06. The number of hydrogen-bond acceptors (Lipinski definition) is 3. The molecule has 2 rings (SSSR count). The number of rotatable bonds is 3. The Kier molecular flexibility index (Phi) is 3.53. The molecule has 2 aromatic rings. The maximum absolute atomic E-state index is 8.95. The van der Waals surface area contributed by atoms with Crippen LogP contribution in [0.25, 0.3) is 6.08 Å². The highest BCUT2D eigenvalue weighted by molar-refractivity contribution is 5.48. The van der Waals surface area contributed by atoms with Crippen LogP contribution in [-0.2, 0) is 6.54 Å². The van der Waals surface area contributed by atoms with Crippen LogP contribution >= 0.6 is 0 Å². The van der Waals surface area contributed by atoms with Gasteiger partial charge < -0.3 is 4.57 Å². The van der Waals surface area contributed by atoms with Gasteiger partial charge in [-0.15, -0.1) is 0 Å². The molecule has 0 radical (unpaired) electrons. The lowest BCUT2D eigenvalue weighted by molar-refractivity contribution is 0.810. The molecule has 0 spiro atoms. The highest BCUT2D eigenvalue weighted by atomic mass is 15.0. The van der Waals surface area contributed by atoms with Gasteiger partial charge in [0, 0.05) is 6.54 Å². The third-order valence-electron chi connectivity index (χ3n) is 2.46. The molecule has 1 aromatic heterocycles. The molecule has 0 unspecified atom stereocenters. The number of allylic oxidation sites excluding steroid dienone is 1. The van der Waals surface area contributed by atoms with E-state index in [0.29, 0.717) is 12.2 Å². The molecule has 0 N–H and O–H groups in total. The molecule has 0 saturated carbocycles. The molecule has 0 aliphatic rings. The first-order valence-electron chi connectivity index (χ1n) is 5.42. The third kappa shape index (κ3) is 2.45. The quantitative estimate of drug-likeness (QED) is 0.818. The summed E-state index contributed by atoms with van der Waals surface area (Å²) in [6.45, 7) is 0.520. The molecule has 0 aliphatic heterocycles. The lowest BCUT2D eigenvalue weighted by Crippen LogP contribution is -1.97. The third-order valence-corrected chi connectivity index (χ3v) is 2.46. The lowest BCUT2D eigenvalue weighted by Gasteiger charge is -1.98. The van der Waals surface area contributed by atoms with Crippen molar-refractivity contribution in [1.82, 2.24) is 9.55 Å². The second kappa shape index (κ2) is 5.47. The maximum Gasteiger partial charge on any atom is 0.176 e. The summed E-state index contributed by atoms with van der Waals surface area (Å²) in [4.78, 5) is 3.88. The van der Waals surface area contributed by atoms with Gasteiger partial charge in [-0.2, -0.15) is 10.5 Å². The molecule has 0 fully saturated rings. The fourth-order valence-electron chi connectivity index (χ4n) is 1.59. The van der Waals surface area contributed by atoms with Crippen molar-refractivity contribution in [1.29, 1.82) is 10.5 Å². The van der Waals surface area contributed by atoms with Gasteiger partial charge in [-0.1, -0.05) is 42.5 Å². The standard InChI is InChI=1S/C14H10N4/c15-9-13-14(10-16)18(11-17-13)8-4-7-12-5-2-1-3-6-12/h1-7,11H,8H2/b7-4+. The average molecular weight is 234 g/mol. The van der Waals surface area contributed by atoms with Crippen LogP contribution in [0.5, 0.6) is 0 Å². The minimum atomic E-state index is 0.172. The van der Waals surface area contributed by atoms with E-state index in [1.165, 1.54) is 6.33 Å². The van der Waals surface area contributed by atoms with E-state index in [0.717, 1.165) is 5.56 Å². The summed E-state index contributed by atoms with van der Waals surface area (Å²) in [6, 6.07) is 13.8. The van der Waals surface area contributed by atoms with E-state index in [-0.39, 0.29) is 5.69 Å². The fourth-order valence-corrected chi connectivity index (χ4v) is 1.59. The molecular formula is C14H10N4. The van der Waals surface area contributed by atoms with Gasteiger partial charge in [-0.05, 0) is 5.56 Å². The summed E-state index contributed by atoms with van der Waals surface area (Å²) in [7, 11) is 0. The predicted octanol–water partition coefficient (Wildman–Crippen LogP) is 2.34. The van der Waals surface area contributed by atoms with Crippen molar-refractivity contribution in [2.24, 2.45) is 0 Å². The molecule has 0 aliphatic carbocycles. The van der Waals surface area contributed by atoms with Gasteiger partial charge in [-0.25, -0.2) is 4.98 Å². The van der Waals surface area contributed by atoms with Crippen LogP contribution in [0.4, 0.5) is 0 Å². The molecule has 0 bridgehead atoms. The minimum Gasteiger partial charge on any atom is -0.317 e. The monoisotopic (exact) mass is 234 g/mol. The summed E-state index contributed by atoms with van der Waals surface area (Å²) in [5.41, 5.74) is 1.57. The van der Waals surface area contributed by atoms with Crippen molar-refractivity contribution in [3.63, 3.8) is 0 Å². The van der Waals surface area contributed by atoms with E-state index in [4.69, 9.17) is 10.5 Å². The zero-order valence-electron chi connectivity index (χ0n) is 9.61. The number of aromatic nitrogens is 2. The zero-order valence-corrected chi connectivity index (χ0v) is 9.61. The average Bonchev–Trinajstić information content (AvgIpc) is 2.82. The normalized spacial score (nSPS) is 10.1. The highest BCUT2D eigenvalue weighted by Gasteiger charge is 2.07. The van der Waals surface area contributed by atoms with Crippen LogP contribution in [0.2, 0.25) is 0 Å². The van der Waals surface area contributed by atoms with E-state index in [1.807, 2.05) is 54.6 Å².